The molecule has 96 heavy (non-hydrogen) atoms. The van der Waals surface area contributed by atoms with E-state index in [2.05, 4.69) is 55.4 Å². The van der Waals surface area contributed by atoms with Crippen molar-refractivity contribution in [3.05, 3.63) is 0 Å². The van der Waals surface area contributed by atoms with Gasteiger partial charge in [0, 0.05) is 25.7 Å². The molecule has 0 bridgehead atoms. The third-order valence-corrected chi connectivity index (χ3v) is 20.1. The molecule has 0 saturated heterocycles. The van der Waals surface area contributed by atoms with Crippen LogP contribution >= 0.6 is 15.6 Å². The lowest BCUT2D eigenvalue weighted by Gasteiger charge is -2.21. The number of hydrogen-bond acceptors (Lipinski definition) is 15. The van der Waals surface area contributed by atoms with Crippen molar-refractivity contribution in [1.29, 1.82) is 0 Å². The lowest BCUT2D eigenvalue weighted by atomic mass is 9.99. The van der Waals surface area contributed by atoms with Gasteiger partial charge in [-0.05, 0) is 49.4 Å². The fraction of sp³-hybridized carbons (Fsp3) is 0.948. The topological polar surface area (TPSA) is 237 Å². The Morgan fingerprint density at radius 1 is 0.292 bits per heavy atom. The van der Waals surface area contributed by atoms with E-state index in [0.717, 1.165) is 114 Å². The standard InChI is InChI=1S/C77H150O17P2/c1-9-70(8)56-48-40-31-25-21-22-28-34-44-52-60-77(82)93-72(63-87-74(79)57-49-41-32-26-19-16-15-18-24-30-38-46-54-68(4)5)65-91-95(83,84)89-61-71(78)62-90-96(85,86)92-66-73(64-88-75(80)58-50-42-36-35-39-47-55-69(6)7)94-76(81)59-51-43-33-27-20-14-12-10-11-13-17-23-29-37-45-53-67(2)3/h67-73,78H,9-66H2,1-8H3,(H,83,84)(H,85,86)/t70?,71?,72-,73-/m1/s1. The molecule has 0 heterocycles. The van der Waals surface area contributed by atoms with Crippen LogP contribution in [0.15, 0.2) is 0 Å². The van der Waals surface area contributed by atoms with Crippen LogP contribution in [0.3, 0.4) is 0 Å². The molecule has 0 aromatic carbocycles. The maximum atomic E-state index is 13.1. The second-order valence-electron chi connectivity index (χ2n) is 29.4. The second kappa shape index (κ2) is 66.3. The summed E-state index contributed by atoms with van der Waals surface area (Å²) in [6.45, 7) is 14.2. The van der Waals surface area contributed by atoms with Gasteiger partial charge >= 0.3 is 39.5 Å². The molecular formula is C77H150O17P2. The number of carbonyl (C=O) groups excluding carboxylic acids is 4. The Morgan fingerprint density at radius 2 is 0.500 bits per heavy atom. The third-order valence-electron chi connectivity index (χ3n) is 18.2. The van der Waals surface area contributed by atoms with Crippen LogP contribution in [0.25, 0.3) is 0 Å². The van der Waals surface area contributed by atoms with Crippen molar-refractivity contribution >= 4 is 39.5 Å². The van der Waals surface area contributed by atoms with Crippen LogP contribution in [0.1, 0.15) is 389 Å². The van der Waals surface area contributed by atoms with E-state index >= 15 is 0 Å². The van der Waals surface area contributed by atoms with Gasteiger partial charge in [0.05, 0.1) is 26.4 Å². The summed E-state index contributed by atoms with van der Waals surface area (Å²) < 4.78 is 68.5. The largest absolute Gasteiger partial charge is 0.472 e. The van der Waals surface area contributed by atoms with Gasteiger partial charge < -0.3 is 33.8 Å². The summed E-state index contributed by atoms with van der Waals surface area (Å²) in [6, 6.07) is 0. The summed E-state index contributed by atoms with van der Waals surface area (Å²) >= 11 is 0. The minimum atomic E-state index is -4.96. The molecule has 0 aromatic heterocycles. The highest BCUT2D eigenvalue weighted by molar-refractivity contribution is 7.47. The number of aliphatic hydroxyl groups excluding tert-OH is 1. The lowest BCUT2D eigenvalue weighted by Crippen LogP contribution is -2.30. The minimum Gasteiger partial charge on any atom is -0.462 e. The van der Waals surface area contributed by atoms with Crippen molar-refractivity contribution in [1.82, 2.24) is 0 Å². The van der Waals surface area contributed by atoms with E-state index in [4.69, 9.17) is 37.0 Å². The zero-order valence-corrected chi connectivity index (χ0v) is 64.8. The molecule has 0 rings (SSSR count). The van der Waals surface area contributed by atoms with E-state index < -0.39 is 97.5 Å². The molecule has 6 atom stereocenters. The lowest BCUT2D eigenvalue weighted by molar-refractivity contribution is -0.161. The van der Waals surface area contributed by atoms with Gasteiger partial charge in [-0.25, -0.2) is 9.13 Å². The van der Waals surface area contributed by atoms with Gasteiger partial charge in [0.15, 0.2) is 12.2 Å². The number of esters is 4. The SMILES string of the molecule is CCC(C)CCCCCCCCCCCCC(=O)O[C@H](COC(=O)CCCCCCCCCCCCCCC(C)C)COP(=O)(O)OCC(O)COP(=O)(O)OC[C@@H](COC(=O)CCCCCCCCC(C)C)OC(=O)CCCCCCCCCCCCCCCCCC(C)C. The molecule has 570 valence electrons. The molecule has 0 radical (unpaired) electrons. The highest BCUT2D eigenvalue weighted by atomic mass is 31.2. The average molecular weight is 1410 g/mol. The first-order valence-corrected chi connectivity index (χ1v) is 42.7. The van der Waals surface area contributed by atoms with E-state index in [9.17, 15) is 43.2 Å². The van der Waals surface area contributed by atoms with E-state index in [1.807, 2.05) is 0 Å². The monoisotopic (exact) mass is 1410 g/mol. The Labute approximate surface area is 588 Å². The van der Waals surface area contributed by atoms with Crippen LogP contribution < -0.4 is 0 Å². The van der Waals surface area contributed by atoms with Crippen LogP contribution in [-0.4, -0.2) is 96.7 Å². The van der Waals surface area contributed by atoms with Gasteiger partial charge in [-0.1, -0.05) is 338 Å². The zero-order chi connectivity index (χ0) is 71.0. The number of ether oxygens (including phenoxy) is 4. The Balaban J connectivity index is 5.23. The highest BCUT2D eigenvalue weighted by Crippen LogP contribution is 2.45. The van der Waals surface area contributed by atoms with Gasteiger partial charge in [-0.15, -0.1) is 0 Å². The fourth-order valence-electron chi connectivity index (χ4n) is 11.7. The van der Waals surface area contributed by atoms with Crippen LogP contribution in [-0.2, 0) is 65.4 Å². The maximum absolute atomic E-state index is 13.1. The molecule has 3 N–H and O–H groups in total. The number of rotatable bonds is 74. The summed E-state index contributed by atoms with van der Waals surface area (Å²) in [5, 5.41) is 10.6. The molecule has 0 aromatic rings. The van der Waals surface area contributed by atoms with Crippen molar-refractivity contribution in [3.63, 3.8) is 0 Å². The molecule has 19 heteroatoms. The smallest absolute Gasteiger partial charge is 0.462 e. The summed E-state index contributed by atoms with van der Waals surface area (Å²) in [4.78, 5) is 72.8. The summed E-state index contributed by atoms with van der Waals surface area (Å²) in [6.07, 6.45) is 51.4. The number of aliphatic hydroxyl groups is 1. The van der Waals surface area contributed by atoms with Gasteiger partial charge in [-0.2, -0.15) is 0 Å². The van der Waals surface area contributed by atoms with Gasteiger partial charge in [-0.3, -0.25) is 37.3 Å². The first kappa shape index (κ1) is 94.1. The first-order chi connectivity index (χ1) is 46.1. The predicted octanol–water partition coefficient (Wildman–Crippen LogP) is 22.4. The van der Waals surface area contributed by atoms with Gasteiger partial charge in [0.1, 0.15) is 19.3 Å². The third kappa shape index (κ3) is 69.2. The van der Waals surface area contributed by atoms with Gasteiger partial charge in [0.2, 0.25) is 0 Å². The van der Waals surface area contributed by atoms with Gasteiger partial charge in [0.25, 0.3) is 0 Å². The molecule has 0 aliphatic heterocycles. The van der Waals surface area contributed by atoms with Crippen LogP contribution in [0, 0.1) is 23.7 Å². The molecule has 0 fully saturated rings. The molecule has 0 spiro atoms. The minimum absolute atomic E-state index is 0.106. The molecule has 0 saturated carbocycles. The fourth-order valence-corrected chi connectivity index (χ4v) is 13.3. The first-order valence-electron chi connectivity index (χ1n) is 39.7. The zero-order valence-electron chi connectivity index (χ0n) is 63.0. The van der Waals surface area contributed by atoms with E-state index in [0.29, 0.717) is 31.6 Å². The number of carbonyl (C=O) groups is 4. The average Bonchev–Trinajstić information content (AvgIpc) is 1.49. The van der Waals surface area contributed by atoms with Crippen LogP contribution in [0.4, 0.5) is 0 Å². The summed E-state index contributed by atoms with van der Waals surface area (Å²) in [5.74, 6) is 0.946. The number of phosphoric ester groups is 2. The Kier molecular flexibility index (Phi) is 65.0. The van der Waals surface area contributed by atoms with Crippen molar-refractivity contribution in [2.24, 2.45) is 23.7 Å². The normalized spacial score (nSPS) is 14.4. The molecular weight excluding hydrogens is 1260 g/mol. The van der Waals surface area contributed by atoms with Crippen molar-refractivity contribution in [2.75, 3.05) is 39.6 Å². The van der Waals surface area contributed by atoms with Crippen molar-refractivity contribution in [2.45, 2.75) is 408 Å². The molecule has 0 amide bonds. The van der Waals surface area contributed by atoms with Crippen LogP contribution in [0.2, 0.25) is 0 Å². The Morgan fingerprint density at radius 3 is 0.740 bits per heavy atom. The van der Waals surface area contributed by atoms with E-state index in [1.165, 1.54) is 186 Å². The summed E-state index contributed by atoms with van der Waals surface area (Å²) in [5.41, 5.74) is 0. The number of unbranched alkanes of at least 4 members (excludes halogenated alkanes) is 39. The molecule has 17 nitrogen and oxygen atoms in total. The maximum Gasteiger partial charge on any atom is 0.472 e. The van der Waals surface area contributed by atoms with Crippen LogP contribution in [0.5, 0.6) is 0 Å². The molecule has 4 unspecified atom stereocenters. The number of hydrogen-bond donors (Lipinski definition) is 3. The number of phosphoric acid groups is 2. The molecule has 0 aliphatic carbocycles. The van der Waals surface area contributed by atoms with Crippen molar-refractivity contribution in [3.8, 4) is 0 Å². The van der Waals surface area contributed by atoms with E-state index in [-0.39, 0.29) is 25.7 Å². The highest BCUT2D eigenvalue weighted by Gasteiger charge is 2.30. The second-order valence-corrected chi connectivity index (χ2v) is 32.3. The van der Waals surface area contributed by atoms with Crippen molar-refractivity contribution < 1.29 is 80.2 Å². The summed E-state index contributed by atoms with van der Waals surface area (Å²) in [7, 11) is -9.91. The predicted molar refractivity (Wildman–Crippen MR) is 391 cm³/mol. The quantitative estimate of drug-likeness (QED) is 0.0222. The Bertz CT molecular complexity index is 1890. The Hall–Kier alpha value is -1.94. The van der Waals surface area contributed by atoms with E-state index in [1.54, 1.807) is 0 Å². The molecule has 0 aliphatic rings.